The monoisotopic (exact) mass is 361 g/mol. The van der Waals surface area contributed by atoms with Crippen LogP contribution in [0.2, 0.25) is 0 Å². The minimum Gasteiger partial charge on any atom is -0.355 e. The van der Waals surface area contributed by atoms with E-state index in [2.05, 4.69) is 5.16 Å². The maximum absolute atomic E-state index is 12.8. The molecule has 0 aliphatic heterocycles. The van der Waals surface area contributed by atoms with Gasteiger partial charge in [-0.25, -0.2) is 12.8 Å². The molecule has 25 heavy (non-hydrogen) atoms. The van der Waals surface area contributed by atoms with Crippen LogP contribution in [0.25, 0.3) is 11.3 Å². The van der Waals surface area contributed by atoms with Gasteiger partial charge >= 0.3 is 0 Å². The molecule has 0 saturated heterocycles. The van der Waals surface area contributed by atoms with Crippen LogP contribution in [-0.2, 0) is 10.0 Å². The van der Waals surface area contributed by atoms with Gasteiger partial charge in [0, 0.05) is 11.6 Å². The summed E-state index contributed by atoms with van der Waals surface area (Å²) in [5.74, 6) is -0.997. The van der Waals surface area contributed by atoms with E-state index in [0.717, 1.165) is 29.8 Å². The molecular weight excluding hydrogens is 349 g/mol. The van der Waals surface area contributed by atoms with Crippen molar-refractivity contribution < 1.29 is 22.1 Å². The van der Waals surface area contributed by atoms with E-state index >= 15 is 0 Å². The first-order valence-electron chi connectivity index (χ1n) is 7.05. The van der Waals surface area contributed by atoms with Crippen molar-refractivity contribution in [1.82, 2.24) is 15.4 Å². The number of amides is 1. The second-order valence-electron chi connectivity index (χ2n) is 4.96. The zero-order valence-corrected chi connectivity index (χ0v) is 13.5. The molecule has 3 aromatic rings. The molecule has 0 atom stereocenters. The Hall–Kier alpha value is -3.04. The Morgan fingerprint density at radius 2 is 1.72 bits per heavy atom. The summed E-state index contributed by atoms with van der Waals surface area (Å²) in [5, 5.41) is 3.61. The van der Waals surface area contributed by atoms with Gasteiger partial charge in [-0.05, 0) is 24.3 Å². The second-order valence-corrected chi connectivity index (χ2v) is 6.64. The topological polar surface area (TPSA) is 101 Å². The van der Waals surface area contributed by atoms with E-state index in [0.29, 0.717) is 5.76 Å². The SMILES string of the molecule is O=C(NNS(=O)(=O)c1ccc(F)cc1)c1cc(-c2ccccc2)on1. The third-order valence-corrected chi connectivity index (χ3v) is 4.49. The molecule has 0 bridgehead atoms. The Balaban J connectivity index is 1.69. The molecule has 1 aromatic heterocycles. The van der Waals surface area contributed by atoms with Crippen molar-refractivity contribution in [2.24, 2.45) is 0 Å². The molecule has 9 heteroatoms. The van der Waals surface area contributed by atoms with Crippen LogP contribution in [0.3, 0.4) is 0 Å². The number of nitrogens with zero attached hydrogens (tertiary/aromatic N) is 1. The lowest BCUT2D eigenvalue weighted by Gasteiger charge is -2.06. The largest absolute Gasteiger partial charge is 0.355 e. The van der Waals surface area contributed by atoms with E-state index in [1.165, 1.54) is 6.07 Å². The molecule has 2 aromatic carbocycles. The smallest absolute Gasteiger partial charge is 0.288 e. The van der Waals surface area contributed by atoms with E-state index in [4.69, 9.17) is 4.52 Å². The lowest BCUT2D eigenvalue weighted by Crippen LogP contribution is -2.41. The van der Waals surface area contributed by atoms with Crippen molar-refractivity contribution in [3.05, 3.63) is 72.2 Å². The van der Waals surface area contributed by atoms with Crippen molar-refractivity contribution in [3.8, 4) is 11.3 Å². The normalized spacial score (nSPS) is 11.2. The predicted octanol–water partition coefficient (Wildman–Crippen LogP) is 2.10. The van der Waals surface area contributed by atoms with Gasteiger partial charge in [-0.15, -0.1) is 4.83 Å². The molecule has 0 aliphatic rings. The van der Waals surface area contributed by atoms with Crippen LogP contribution in [0.1, 0.15) is 10.5 Å². The number of carbonyl (C=O) groups excluding carboxylic acids is 1. The lowest BCUT2D eigenvalue weighted by molar-refractivity contribution is 0.0936. The first-order valence-corrected chi connectivity index (χ1v) is 8.54. The Morgan fingerprint density at radius 3 is 2.40 bits per heavy atom. The van der Waals surface area contributed by atoms with E-state index in [1.807, 2.05) is 16.3 Å². The average molecular weight is 361 g/mol. The number of nitrogens with one attached hydrogen (secondary N) is 2. The number of benzene rings is 2. The van der Waals surface area contributed by atoms with Gasteiger partial charge in [0.25, 0.3) is 15.9 Å². The van der Waals surface area contributed by atoms with Crippen LogP contribution >= 0.6 is 0 Å². The maximum Gasteiger partial charge on any atom is 0.288 e. The molecule has 0 spiro atoms. The highest BCUT2D eigenvalue weighted by atomic mass is 32.2. The van der Waals surface area contributed by atoms with Gasteiger partial charge in [-0.2, -0.15) is 0 Å². The molecule has 7 nitrogen and oxygen atoms in total. The molecule has 1 heterocycles. The quantitative estimate of drug-likeness (QED) is 0.678. The number of halogens is 1. The molecule has 3 rings (SSSR count). The predicted molar refractivity (Wildman–Crippen MR) is 86.1 cm³/mol. The van der Waals surface area contributed by atoms with Crippen molar-refractivity contribution in [1.29, 1.82) is 0 Å². The van der Waals surface area contributed by atoms with Crippen LogP contribution in [0.5, 0.6) is 0 Å². The Labute approximate surface area is 142 Å². The zero-order chi connectivity index (χ0) is 17.9. The summed E-state index contributed by atoms with van der Waals surface area (Å²) < 4.78 is 41.9. The van der Waals surface area contributed by atoms with Gasteiger partial charge < -0.3 is 4.52 Å². The first kappa shape index (κ1) is 16.8. The highest BCUT2D eigenvalue weighted by Gasteiger charge is 2.18. The minimum atomic E-state index is -4.03. The van der Waals surface area contributed by atoms with Crippen LogP contribution in [-0.4, -0.2) is 19.5 Å². The fraction of sp³-hybridized carbons (Fsp3) is 0. The summed E-state index contributed by atoms with van der Waals surface area (Å²) in [6.07, 6.45) is 0. The summed E-state index contributed by atoms with van der Waals surface area (Å²) in [6, 6.07) is 14.5. The van der Waals surface area contributed by atoms with Crippen LogP contribution in [0, 0.1) is 5.82 Å². The number of rotatable bonds is 5. The van der Waals surface area contributed by atoms with Gasteiger partial charge in [0.1, 0.15) is 5.82 Å². The summed E-state index contributed by atoms with van der Waals surface area (Å²) in [7, 11) is -4.03. The lowest BCUT2D eigenvalue weighted by atomic mass is 10.2. The number of aromatic nitrogens is 1. The number of hydrazine groups is 1. The number of hydrogen-bond donors (Lipinski definition) is 2. The van der Waals surface area contributed by atoms with Gasteiger partial charge in [-0.1, -0.05) is 35.5 Å². The third kappa shape index (κ3) is 3.90. The van der Waals surface area contributed by atoms with E-state index in [1.54, 1.807) is 24.3 Å². The van der Waals surface area contributed by atoms with Crippen LogP contribution < -0.4 is 10.3 Å². The highest BCUT2D eigenvalue weighted by Crippen LogP contribution is 2.19. The standard InChI is InChI=1S/C16H12FN3O4S/c17-12-6-8-13(9-7-12)25(22,23)20-18-16(21)14-10-15(24-19-14)11-4-2-1-3-5-11/h1-10,20H,(H,18,21). The van der Waals surface area contributed by atoms with Gasteiger partial charge in [0.2, 0.25) is 0 Å². The molecular formula is C16H12FN3O4S. The minimum absolute atomic E-state index is 0.0966. The Bertz CT molecular complexity index is 986. The van der Waals surface area contributed by atoms with Crippen molar-refractivity contribution >= 4 is 15.9 Å². The van der Waals surface area contributed by atoms with Gasteiger partial charge in [0.15, 0.2) is 11.5 Å². The van der Waals surface area contributed by atoms with Crippen molar-refractivity contribution in [3.63, 3.8) is 0 Å². The Morgan fingerprint density at radius 1 is 1.04 bits per heavy atom. The molecule has 128 valence electrons. The van der Waals surface area contributed by atoms with Gasteiger partial charge in [-0.3, -0.25) is 10.2 Å². The van der Waals surface area contributed by atoms with Crippen LogP contribution in [0.4, 0.5) is 4.39 Å². The van der Waals surface area contributed by atoms with E-state index < -0.39 is 21.7 Å². The fourth-order valence-corrected chi connectivity index (χ4v) is 2.81. The zero-order valence-electron chi connectivity index (χ0n) is 12.6. The number of sulfonamides is 1. The van der Waals surface area contributed by atoms with Crippen molar-refractivity contribution in [2.75, 3.05) is 0 Å². The van der Waals surface area contributed by atoms with Gasteiger partial charge in [0.05, 0.1) is 4.90 Å². The summed E-state index contributed by atoms with van der Waals surface area (Å²) >= 11 is 0. The average Bonchev–Trinajstić information content (AvgIpc) is 3.11. The van der Waals surface area contributed by atoms with E-state index in [-0.39, 0.29) is 10.6 Å². The molecule has 0 saturated carbocycles. The number of carbonyl (C=O) groups is 1. The second kappa shape index (κ2) is 6.83. The fourth-order valence-electron chi connectivity index (χ4n) is 1.97. The molecule has 0 aliphatic carbocycles. The highest BCUT2D eigenvalue weighted by molar-refractivity contribution is 7.89. The maximum atomic E-state index is 12.8. The molecule has 0 fully saturated rings. The number of hydrogen-bond acceptors (Lipinski definition) is 5. The first-order chi connectivity index (χ1) is 12.0. The van der Waals surface area contributed by atoms with Crippen molar-refractivity contribution in [2.45, 2.75) is 4.90 Å². The third-order valence-electron chi connectivity index (χ3n) is 3.22. The Kier molecular flexibility index (Phi) is 4.59. The molecule has 0 radical (unpaired) electrons. The molecule has 1 amide bonds. The summed E-state index contributed by atoms with van der Waals surface area (Å²) in [4.78, 5) is 13.7. The van der Waals surface area contributed by atoms with E-state index in [9.17, 15) is 17.6 Å². The summed E-state index contributed by atoms with van der Waals surface area (Å²) in [5.41, 5.74) is 2.65. The molecule has 2 N–H and O–H groups in total. The summed E-state index contributed by atoms with van der Waals surface area (Å²) in [6.45, 7) is 0. The van der Waals surface area contributed by atoms with Crippen LogP contribution in [0.15, 0.2) is 70.1 Å². The molecule has 0 unspecified atom stereocenters.